The van der Waals surface area contributed by atoms with E-state index in [4.69, 9.17) is 0 Å². The van der Waals surface area contributed by atoms with E-state index >= 15 is 0 Å². The van der Waals surface area contributed by atoms with Crippen LogP contribution in [0.25, 0.3) is 0 Å². The van der Waals surface area contributed by atoms with E-state index in [1.54, 1.807) is 11.3 Å². The second-order valence-electron chi connectivity index (χ2n) is 3.27. The lowest BCUT2D eigenvalue weighted by atomic mass is 10.1. The van der Waals surface area contributed by atoms with Gasteiger partial charge in [-0.3, -0.25) is 0 Å². The third kappa shape index (κ3) is 1.99. The largest absolute Gasteiger partial charge is 0.227 e. The molecule has 1 heterocycles. The Kier molecular flexibility index (Phi) is 2.59. The van der Waals surface area contributed by atoms with Gasteiger partial charge in [0.2, 0.25) is 5.13 Å². The number of hydrogen-bond acceptors (Lipinski definition) is 3. The zero-order valence-electron chi connectivity index (χ0n) is 8.32. The van der Waals surface area contributed by atoms with E-state index in [1.807, 2.05) is 20.0 Å². The molecular weight excluding hydrogens is 192 g/mol. The highest BCUT2D eigenvalue weighted by Gasteiger charge is 2.04. The number of aliphatic imine (C=N–C) groups is 1. The first-order valence-corrected chi connectivity index (χ1v) is 5.41. The summed E-state index contributed by atoms with van der Waals surface area (Å²) in [5, 5.41) is 0.854. The molecule has 1 aromatic heterocycles. The molecule has 72 valence electrons. The molecule has 2 rings (SSSR count). The third-order valence-electron chi connectivity index (χ3n) is 2.11. The normalized spacial score (nSPS) is 16.1. The van der Waals surface area contributed by atoms with Crippen molar-refractivity contribution >= 4 is 22.2 Å². The topological polar surface area (TPSA) is 25.2 Å². The third-order valence-corrected chi connectivity index (χ3v) is 2.92. The Morgan fingerprint density at radius 2 is 2.43 bits per heavy atom. The highest BCUT2D eigenvalue weighted by molar-refractivity contribution is 7.15. The molecule has 0 unspecified atom stereocenters. The molecule has 0 radical (unpaired) electrons. The lowest BCUT2D eigenvalue weighted by Crippen LogP contribution is -1.93. The molecule has 0 atom stereocenters. The fourth-order valence-electron chi connectivity index (χ4n) is 1.33. The highest BCUT2D eigenvalue weighted by atomic mass is 32.1. The van der Waals surface area contributed by atoms with Crippen LogP contribution in [0.1, 0.15) is 18.2 Å². The number of aryl methyl sites for hydroxylation is 1. The van der Waals surface area contributed by atoms with Crippen LogP contribution < -0.4 is 0 Å². The van der Waals surface area contributed by atoms with Crippen LogP contribution >= 0.6 is 11.3 Å². The Balaban J connectivity index is 2.18. The van der Waals surface area contributed by atoms with Crippen molar-refractivity contribution in [3.8, 4) is 0 Å². The maximum absolute atomic E-state index is 4.48. The Morgan fingerprint density at radius 1 is 1.57 bits per heavy atom. The molecule has 0 saturated heterocycles. The minimum absolute atomic E-state index is 0.854. The molecule has 0 amide bonds. The fraction of sp³-hybridized carbons (Fsp3) is 0.273. The quantitative estimate of drug-likeness (QED) is 0.677. The first-order valence-electron chi connectivity index (χ1n) is 4.59. The van der Waals surface area contributed by atoms with Crippen molar-refractivity contribution in [1.29, 1.82) is 0 Å². The minimum Gasteiger partial charge on any atom is -0.227 e. The van der Waals surface area contributed by atoms with Gasteiger partial charge in [0.25, 0.3) is 0 Å². The molecule has 0 bridgehead atoms. The van der Waals surface area contributed by atoms with Crippen molar-refractivity contribution < 1.29 is 0 Å². The zero-order valence-corrected chi connectivity index (χ0v) is 9.14. The molecule has 2 nitrogen and oxygen atoms in total. The van der Waals surface area contributed by atoms with Crippen LogP contribution in [-0.4, -0.2) is 10.7 Å². The molecule has 0 N–H and O–H groups in total. The summed E-state index contributed by atoms with van der Waals surface area (Å²) >= 11 is 1.63. The van der Waals surface area contributed by atoms with E-state index in [2.05, 4.69) is 28.2 Å². The number of rotatable bonds is 2. The number of thiazole rings is 1. The van der Waals surface area contributed by atoms with E-state index in [0.29, 0.717) is 0 Å². The first kappa shape index (κ1) is 9.34. The summed E-state index contributed by atoms with van der Waals surface area (Å²) in [5.74, 6) is 0. The molecule has 0 aliphatic heterocycles. The van der Waals surface area contributed by atoms with E-state index in [0.717, 1.165) is 17.3 Å². The Bertz CT molecular complexity index is 424. The molecule has 14 heavy (non-hydrogen) atoms. The highest BCUT2D eigenvalue weighted by Crippen LogP contribution is 2.22. The van der Waals surface area contributed by atoms with E-state index < -0.39 is 0 Å². The van der Waals surface area contributed by atoms with Gasteiger partial charge >= 0.3 is 0 Å². The first-order chi connectivity index (χ1) is 6.75. The van der Waals surface area contributed by atoms with Crippen LogP contribution in [0, 0.1) is 6.92 Å². The minimum atomic E-state index is 0.854. The van der Waals surface area contributed by atoms with Crippen LogP contribution in [0.5, 0.6) is 0 Å². The predicted octanol–water partition coefficient (Wildman–Crippen LogP) is 3.43. The summed E-state index contributed by atoms with van der Waals surface area (Å²) in [6, 6.07) is 0. The lowest BCUT2D eigenvalue weighted by molar-refractivity contribution is 1.30. The number of hydrogen-bond donors (Lipinski definition) is 0. The summed E-state index contributed by atoms with van der Waals surface area (Å²) in [6.45, 7) is 4.08. The van der Waals surface area contributed by atoms with Crippen LogP contribution in [0.15, 0.2) is 35.0 Å². The summed E-state index contributed by atoms with van der Waals surface area (Å²) in [6.07, 6.45) is 9.18. The van der Waals surface area contributed by atoms with Gasteiger partial charge in [-0.1, -0.05) is 18.2 Å². The smallest absolute Gasteiger partial charge is 0.209 e. The molecule has 0 fully saturated rings. The maximum Gasteiger partial charge on any atom is 0.209 e. The number of nitrogens with zero attached hydrogens (tertiary/aromatic N) is 2. The van der Waals surface area contributed by atoms with Gasteiger partial charge in [0.1, 0.15) is 0 Å². The predicted molar refractivity (Wildman–Crippen MR) is 61.5 cm³/mol. The number of allylic oxidation sites excluding steroid dienone is 4. The standard InChI is InChI=1S/C11H12N2S/c1-8-7-12-11(14-8)13-9(2)10-5-3-4-6-10/h3-5,7H,6H2,1-2H3/b13-9+. The van der Waals surface area contributed by atoms with Crippen LogP contribution in [0.2, 0.25) is 0 Å². The van der Waals surface area contributed by atoms with Crippen molar-refractivity contribution in [3.05, 3.63) is 34.9 Å². The Hall–Kier alpha value is -1.22. The summed E-state index contributed by atoms with van der Waals surface area (Å²) < 4.78 is 0. The van der Waals surface area contributed by atoms with Crippen molar-refractivity contribution in [3.63, 3.8) is 0 Å². The Labute approximate surface area is 87.7 Å². The van der Waals surface area contributed by atoms with Crippen molar-refractivity contribution in [2.24, 2.45) is 4.99 Å². The van der Waals surface area contributed by atoms with Gasteiger partial charge in [0.05, 0.1) is 0 Å². The molecular formula is C11H12N2S. The van der Waals surface area contributed by atoms with E-state index in [1.165, 1.54) is 10.5 Å². The molecule has 0 saturated carbocycles. The van der Waals surface area contributed by atoms with Crippen molar-refractivity contribution in [2.75, 3.05) is 0 Å². The van der Waals surface area contributed by atoms with Crippen molar-refractivity contribution in [2.45, 2.75) is 20.3 Å². The summed E-state index contributed by atoms with van der Waals surface area (Å²) in [5.41, 5.74) is 2.36. The lowest BCUT2D eigenvalue weighted by Gasteiger charge is -1.98. The second-order valence-corrected chi connectivity index (χ2v) is 4.49. The SMILES string of the molecule is C/C(=N\c1ncc(C)s1)C1=CC=CC1. The maximum atomic E-state index is 4.48. The average Bonchev–Trinajstić information content (AvgIpc) is 2.75. The van der Waals surface area contributed by atoms with Gasteiger partial charge in [0.15, 0.2) is 0 Å². The second kappa shape index (κ2) is 3.88. The van der Waals surface area contributed by atoms with Crippen LogP contribution in [0.3, 0.4) is 0 Å². The van der Waals surface area contributed by atoms with Gasteiger partial charge in [0, 0.05) is 16.8 Å². The fourth-order valence-corrected chi connectivity index (χ4v) is 2.01. The summed E-state index contributed by atoms with van der Waals surface area (Å²) in [4.78, 5) is 9.89. The molecule has 0 spiro atoms. The molecule has 0 aromatic carbocycles. The van der Waals surface area contributed by atoms with E-state index in [-0.39, 0.29) is 0 Å². The van der Waals surface area contributed by atoms with Gasteiger partial charge in [-0.05, 0) is 25.8 Å². The monoisotopic (exact) mass is 204 g/mol. The van der Waals surface area contributed by atoms with Gasteiger partial charge < -0.3 is 0 Å². The van der Waals surface area contributed by atoms with Crippen LogP contribution in [-0.2, 0) is 0 Å². The molecule has 1 aliphatic carbocycles. The molecule has 1 aromatic rings. The van der Waals surface area contributed by atoms with Gasteiger partial charge in [-0.15, -0.1) is 11.3 Å². The molecule has 3 heteroatoms. The van der Waals surface area contributed by atoms with Gasteiger partial charge in [-0.25, -0.2) is 9.98 Å². The Morgan fingerprint density at radius 3 is 3.00 bits per heavy atom. The van der Waals surface area contributed by atoms with Crippen molar-refractivity contribution in [1.82, 2.24) is 4.98 Å². The van der Waals surface area contributed by atoms with Crippen LogP contribution in [0.4, 0.5) is 5.13 Å². The zero-order chi connectivity index (χ0) is 9.97. The van der Waals surface area contributed by atoms with E-state index in [9.17, 15) is 0 Å². The number of aromatic nitrogens is 1. The van der Waals surface area contributed by atoms with Gasteiger partial charge in [-0.2, -0.15) is 0 Å². The molecule has 1 aliphatic rings. The average molecular weight is 204 g/mol. The summed E-state index contributed by atoms with van der Waals surface area (Å²) in [7, 11) is 0.